The lowest BCUT2D eigenvalue weighted by molar-refractivity contribution is -0.393. The summed E-state index contributed by atoms with van der Waals surface area (Å²) in [5.41, 5.74) is 4.94. The van der Waals surface area contributed by atoms with Crippen molar-refractivity contribution in [2.45, 2.75) is 0 Å². The van der Waals surface area contributed by atoms with Crippen LogP contribution in [-0.4, -0.2) is 37.2 Å². The van der Waals surface area contributed by atoms with Crippen molar-refractivity contribution in [3.05, 3.63) is 247 Å². The number of para-hydroxylation sites is 8. The maximum absolute atomic E-state index is 15.2. The highest BCUT2D eigenvalue weighted by Crippen LogP contribution is 2.39. The van der Waals surface area contributed by atoms with E-state index in [2.05, 4.69) is 9.13 Å². The van der Waals surface area contributed by atoms with E-state index in [-0.39, 0.29) is 11.4 Å². The molecule has 14 heteroatoms. The second-order valence-corrected chi connectivity index (χ2v) is 17.0. The average molecular weight is 915 g/mol. The van der Waals surface area contributed by atoms with Crippen LogP contribution < -0.4 is 11.4 Å². The van der Waals surface area contributed by atoms with Gasteiger partial charge in [-0.25, -0.2) is 9.59 Å². The van der Waals surface area contributed by atoms with Crippen molar-refractivity contribution in [2.24, 2.45) is 0 Å². The Labute approximate surface area is 394 Å². The molecule has 14 nitrogen and oxygen atoms in total. The Morgan fingerprint density at radius 2 is 0.614 bits per heavy atom. The monoisotopic (exact) mass is 914 g/mol. The first-order valence-corrected chi connectivity index (χ1v) is 22.4. The standard InChI is InChI=1S/C56H34N8O6/c65-55-59(37-27-29-45-41(31-37)39-19-7-9-21-43(39)57(45)35-15-3-1-4-16-35)47-23-11-13-25-49(47)61(55)51-33-52(54(64(69)70)34-53(51)63(67)68)62-50-26-14-12-24-48(50)60(56(62)66)38-28-30-46-42(32-38)40-20-8-10-22-44(40)58(46)36-17-5-2-6-18-36/h1-34H. The van der Waals surface area contributed by atoms with Gasteiger partial charge < -0.3 is 9.13 Å². The molecule has 70 heavy (non-hydrogen) atoms. The van der Waals surface area contributed by atoms with E-state index in [1.54, 1.807) is 48.5 Å². The number of benzene rings is 9. The third kappa shape index (κ3) is 5.80. The number of hydrogen-bond donors (Lipinski definition) is 0. The topological polar surface area (TPSA) is 150 Å². The van der Waals surface area contributed by atoms with Gasteiger partial charge in [-0.1, -0.05) is 97.1 Å². The van der Waals surface area contributed by atoms with Gasteiger partial charge in [0.05, 0.1) is 71.4 Å². The van der Waals surface area contributed by atoms with Gasteiger partial charge in [-0.05, 0) is 97.1 Å². The number of nitro benzene ring substituents is 2. The first-order valence-electron chi connectivity index (χ1n) is 22.4. The molecule has 0 aliphatic heterocycles. The minimum Gasteiger partial charge on any atom is -0.309 e. The minimum atomic E-state index is -0.748. The molecule has 0 fully saturated rings. The molecule has 334 valence electrons. The Morgan fingerprint density at radius 1 is 0.286 bits per heavy atom. The van der Waals surface area contributed by atoms with Gasteiger partial charge in [0, 0.05) is 39.0 Å². The zero-order chi connectivity index (χ0) is 47.4. The van der Waals surface area contributed by atoms with Crippen LogP contribution in [-0.2, 0) is 0 Å². The van der Waals surface area contributed by atoms with Crippen LogP contribution in [0.25, 0.3) is 99.8 Å². The van der Waals surface area contributed by atoms with Crippen molar-refractivity contribution in [2.75, 3.05) is 0 Å². The number of fused-ring (bicyclic) bond motifs is 8. The van der Waals surface area contributed by atoms with Crippen LogP contribution >= 0.6 is 0 Å². The summed E-state index contributed by atoms with van der Waals surface area (Å²) in [5, 5.41) is 29.8. The molecule has 0 saturated carbocycles. The van der Waals surface area contributed by atoms with Crippen molar-refractivity contribution in [3.8, 4) is 34.1 Å². The van der Waals surface area contributed by atoms with Gasteiger partial charge in [0.15, 0.2) is 0 Å². The molecule has 0 atom stereocenters. The minimum absolute atomic E-state index is 0.258. The smallest absolute Gasteiger partial charge is 0.309 e. The summed E-state index contributed by atoms with van der Waals surface area (Å²) >= 11 is 0. The highest BCUT2D eigenvalue weighted by molar-refractivity contribution is 6.11. The van der Waals surface area contributed by atoms with Gasteiger partial charge in [-0.15, -0.1) is 0 Å². The molecule has 9 aromatic carbocycles. The predicted molar refractivity (Wildman–Crippen MR) is 273 cm³/mol. The molecule has 13 rings (SSSR count). The Hall–Kier alpha value is -10.1. The fraction of sp³-hybridized carbons (Fsp3) is 0. The third-order valence-electron chi connectivity index (χ3n) is 13.3. The number of nitrogens with zero attached hydrogens (tertiary/aromatic N) is 8. The second kappa shape index (κ2) is 15.2. The van der Waals surface area contributed by atoms with Gasteiger partial charge in [-0.2, -0.15) is 0 Å². The van der Waals surface area contributed by atoms with Crippen LogP contribution in [0, 0.1) is 20.2 Å². The summed E-state index contributed by atoms with van der Waals surface area (Å²) in [6.07, 6.45) is 0. The molecule has 0 aliphatic rings. The molecule has 0 aliphatic carbocycles. The summed E-state index contributed by atoms with van der Waals surface area (Å²) in [5.74, 6) is 0. The number of hydrogen-bond acceptors (Lipinski definition) is 6. The SMILES string of the molecule is O=c1n(-c2ccc3c(c2)c2ccccc2n3-c2ccccc2)c2ccccc2n1-c1cc(-n2c(=O)n(-c3ccc4c(c3)c3ccccc3n4-c3ccccc3)c3ccccc32)c([N+](=O)[O-])cc1[N+](=O)[O-]. The van der Waals surface area contributed by atoms with Crippen LogP contribution in [0.4, 0.5) is 11.4 Å². The van der Waals surface area contributed by atoms with Crippen LogP contribution in [0.2, 0.25) is 0 Å². The summed E-state index contributed by atoms with van der Waals surface area (Å²) in [6.45, 7) is 0. The molecule has 0 spiro atoms. The summed E-state index contributed by atoms with van der Waals surface area (Å²) in [6, 6.07) is 63.2. The molecule has 0 unspecified atom stereocenters. The van der Waals surface area contributed by atoms with Crippen molar-refractivity contribution in [3.63, 3.8) is 0 Å². The van der Waals surface area contributed by atoms with Crippen LogP contribution in [0.15, 0.2) is 216 Å². The van der Waals surface area contributed by atoms with Crippen molar-refractivity contribution in [1.29, 1.82) is 0 Å². The van der Waals surface area contributed by atoms with Crippen LogP contribution in [0.5, 0.6) is 0 Å². The molecule has 0 amide bonds. The lowest BCUT2D eigenvalue weighted by Gasteiger charge is -2.10. The first kappa shape index (κ1) is 40.2. The van der Waals surface area contributed by atoms with Gasteiger partial charge in [0.2, 0.25) is 0 Å². The van der Waals surface area contributed by atoms with Crippen molar-refractivity contribution in [1.82, 2.24) is 27.4 Å². The Bertz CT molecular complexity index is 4200. The molecule has 0 bridgehead atoms. The van der Waals surface area contributed by atoms with E-state index >= 15 is 9.59 Å². The van der Waals surface area contributed by atoms with Gasteiger partial charge in [-0.3, -0.25) is 38.5 Å². The van der Waals surface area contributed by atoms with E-state index in [4.69, 9.17) is 0 Å². The fourth-order valence-electron chi connectivity index (χ4n) is 10.4. The summed E-state index contributed by atoms with van der Waals surface area (Å²) in [7, 11) is 0. The zero-order valence-corrected chi connectivity index (χ0v) is 36.7. The van der Waals surface area contributed by atoms with Gasteiger partial charge in [0.25, 0.3) is 11.4 Å². The number of nitro groups is 2. The quantitative estimate of drug-likeness (QED) is 0.109. The van der Waals surface area contributed by atoms with E-state index in [0.29, 0.717) is 33.4 Å². The maximum Gasteiger partial charge on any atom is 0.338 e. The third-order valence-corrected chi connectivity index (χ3v) is 13.3. The van der Waals surface area contributed by atoms with E-state index in [1.807, 2.05) is 146 Å². The molecule has 13 aromatic rings. The largest absolute Gasteiger partial charge is 0.338 e. The Balaban J connectivity index is 1.04. The van der Waals surface area contributed by atoms with Crippen molar-refractivity contribution >= 4 is 77.1 Å². The van der Waals surface area contributed by atoms with Gasteiger partial charge >= 0.3 is 11.4 Å². The fourth-order valence-corrected chi connectivity index (χ4v) is 10.4. The number of imidazole rings is 2. The lowest BCUT2D eigenvalue weighted by Crippen LogP contribution is -2.25. The molecule has 0 radical (unpaired) electrons. The lowest BCUT2D eigenvalue weighted by atomic mass is 10.1. The number of aromatic nitrogens is 6. The summed E-state index contributed by atoms with van der Waals surface area (Å²) in [4.78, 5) is 55.1. The molecule has 0 N–H and O–H groups in total. The highest BCUT2D eigenvalue weighted by atomic mass is 16.6. The zero-order valence-electron chi connectivity index (χ0n) is 36.7. The molecular formula is C56H34N8O6. The molecule has 0 saturated heterocycles. The maximum atomic E-state index is 15.2. The second-order valence-electron chi connectivity index (χ2n) is 17.0. The van der Waals surface area contributed by atoms with E-state index in [1.165, 1.54) is 24.3 Å². The molecule has 4 heterocycles. The Morgan fingerprint density at radius 3 is 1.00 bits per heavy atom. The van der Waals surface area contributed by atoms with E-state index < -0.39 is 32.6 Å². The highest BCUT2D eigenvalue weighted by Gasteiger charge is 2.32. The predicted octanol–water partition coefficient (Wildman–Crippen LogP) is 11.9. The first-order chi connectivity index (χ1) is 34.3. The molecular weight excluding hydrogens is 881 g/mol. The van der Waals surface area contributed by atoms with Gasteiger partial charge in [0.1, 0.15) is 11.4 Å². The van der Waals surface area contributed by atoms with Crippen LogP contribution in [0.1, 0.15) is 0 Å². The summed E-state index contributed by atoms with van der Waals surface area (Å²) < 4.78 is 9.67. The van der Waals surface area contributed by atoms with E-state index in [0.717, 1.165) is 61.1 Å². The van der Waals surface area contributed by atoms with Crippen molar-refractivity contribution < 1.29 is 9.85 Å². The Kier molecular flexibility index (Phi) is 8.75. The normalized spacial score (nSPS) is 11.8. The van der Waals surface area contributed by atoms with E-state index in [9.17, 15) is 20.2 Å². The average Bonchev–Trinajstić information content (AvgIpc) is 4.09. The number of rotatable bonds is 8. The van der Waals surface area contributed by atoms with Crippen LogP contribution in [0.3, 0.4) is 0 Å². The molecule has 4 aromatic heterocycles.